The van der Waals surface area contributed by atoms with Crippen molar-refractivity contribution in [1.29, 1.82) is 0 Å². The zero-order chi connectivity index (χ0) is 13.2. The molecule has 1 aromatic heterocycles. The Hall–Kier alpha value is -1.36. The van der Waals surface area contributed by atoms with Crippen molar-refractivity contribution < 1.29 is 14.1 Å². The van der Waals surface area contributed by atoms with Crippen molar-refractivity contribution >= 4 is 5.91 Å². The molecule has 1 aliphatic carbocycles. The highest BCUT2D eigenvalue weighted by molar-refractivity contribution is 5.91. The number of hydrogen-bond donors (Lipinski definition) is 0. The van der Waals surface area contributed by atoms with Crippen LogP contribution in [0.5, 0.6) is 0 Å². The Labute approximate surface area is 112 Å². The molecule has 5 heteroatoms. The summed E-state index contributed by atoms with van der Waals surface area (Å²) in [6, 6.07) is 1.70. The van der Waals surface area contributed by atoms with E-state index in [1.54, 1.807) is 6.07 Å². The number of amides is 1. The smallest absolute Gasteiger partial charge is 0.292 e. The number of nitrogens with zero attached hydrogens (tertiary/aromatic N) is 2. The number of hydrogen-bond acceptors (Lipinski definition) is 4. The van der Waals surface area contributed by atoms with Gasteiger partial charge in [-0.2, -0.15) is 0 Å². The SMILES string of the molecule is Cc1cc(C(=O)N2CCOC[C@@H](C3CCC3)C2)on1. The fourth-order valence-electron chi connectivity index (χ4n) is 2.84. The van der Waals surface area contributed by atoms with Crippen LogP contribution < -0.4 is 0 Å². The normalized spacial score (nSPS) is 24.9. The van der Waals surface area contributed by atoms with Gasteiger partial charge in [0.2, 0.25) is 5.76 Å². The van der Waals surface area contributed by atoms with E-state index in [1.807, 2.05) is 11.8 Å². The van der Waals surface area contributed by atoms with Crippen LogP contribution in [0.25, 0.3) is 0 Å². The van der Waals surface area contributed by atoms with E-state index in [0.717, 1.165) is 24.8 Å². The maximum atomic E-state index is 12.4. The van der Waals surface area contributed by atoms with Crippen molar-refractivity contribution in [3.63, 3.8) is 0 Å². The Morgan fingerprint density at radius 2 is 2.26 bits per heavy atom. The average Bonchev–Trinajstić information content (AvgIpc) is 2.62. The minimum absolute atomic E-state index is 0.0598. The minimum atomic E-state index is -0.0598. The van der Waals surface area contributed by atoms with E-state index in [0.29, 0.717) is 24.8 Å². The van der Waals surface area contributed by atoms with Crippen molar-refractivity contribution in [1.82, 2.24) is 10.1 Å². The molecule has 5 nitrogen and oxygen atoms in total. The molecule has 0 spiro atoms. The third-order valence-corrected chi connectivity index (χ3v) is 4.23. The number of aryl methyl sites for hydroxylation is 1. The summed E-state index contributed by atoms with van der Waals surface area (Å²) >= 11 is 0. The molecular weight excluding hydrogens is 244 g/mol. The molecule has 3 rings (SSSR count). The Kier molecular flexibility index (Phi) is 3.55. The quantitative estimate of drug-likeness (QED) is 0.818. The summed E-state index contributed by atoms with van der Waals surface area (Å²) in [4.78, 5) is 14.2. The predicted molar refractivity (Wildman–Crippen MR) is 68.8 cm³/mol. The summed E-state index contributed by atoms with van der Waals surface area (Å²) in [7, 11) is 0. The van der Waals surface area contributed by atoms with Crippen LogP contribution in [0.15, 0.2) is 10.6 Å². The number of carbonyl (C=O) groups excluding carboxylic acids is 1. The summed E-state index contributed by atoms with van der Waals surface area (Å²) in [5.74, 6) is 1.48. The van der Waals surface area contributed by atoms with Gasteiger partial charge in [0, 0.05) is 25.1 Å². The van der Waals surface area contributed by atoms with E-state index in [2.05, 4.69) is 5.16 Å². The van der Waals surface area contributed by atoms with Crippen LogP contribution in [0.2, 0.25) is 0 Å². The van der Waals surface area contributed by atoms with Crippen LogP contribution in [-0.4, -0.2) is 42.3 Å². The van der Waals surface area contributed by atoms with E-state index in [1.165, 1.54) is 19.3 Å². The lowest BCUT2D eigenvalue weighted by atomic mass is 9.76. The van der Waals surface area contributed by atoms with Crippen molar-refractivity contribution in [2.75, 3.05) is 26.3 Å². The van der Waals surface area contributed by atoms with E-state index in [-0.39, 0.29) is 5.91 Å². The first-order chi connectivity index (χ1) is 9.24. The maximum Gasteiger partial charge on any atom is 0.292 e. The average molecular weight is 264 g/mol. The molecule has 1 aromatic rings. The molecular formula is C14H20N2O3. The van der Waals surface area contributed by atoms with E-state index >= 15 is 0 Å². The van der Waals surface area contributed by atoms with Crippen LogP contribution in [0, 0.1) is 18.8 Å². The van der Waals surface area contributed by atoms with E-state index < -0.39 is 0 Å². The molecule has 0 N–H and O–H groups in total. The zero-order valence-corrected chi connectivity index (χ0v) is 11.3. The first-order valence-electron chi connectivity index (χ1n) is 7.04. The first kappa shape index (κ1) is 12.7. The monoisotopic (exact) mass is 264 g/mol. The van der Waals surface area contributed by atoms with Gasteiger partial charge in [0.15, 0.2) is 0 Å². The molecule has 19 heavy (non-hydrogen) atoms. The van der Waals surface area contributed by atoms with Gasteiger partial charge in [0.1, 0.15) is 0 Å². The summed E-state index contributed by atoms with van der Waals surface area (Å²) in [6.07, 6.45) is 3.87. The van der Waals surface area contributed by atoms with Gasteiger partial charge < -0.3 is 14.2 Å². The molecule has 1 amide bonds. The van der Waals surface area contributed by atoms with Crippen molar-refractivity contribution in [3.05, 3.63) is 17.5 Å². The molecule has 2 aliphatic rings. The highest BCUT2D eigenvalue weighted by Crippen LogP contribution is 2.34. The van der Waals surface area contributed by atoms with Gasteiger partial charge in [-0.25, -0.2) is 0 Å². The Morgan fingerprint density at radius 1 is 1.42 bits per heavy atom. The molecule has 0 aromatic carbocycles. The lowest BCUT2D eigenvalue weighted by Crippen LogP contribution is -2.39. The summed E-state index contributed by atoms with van der Waals surface area (Å²) in [5.41, 5.74) is 0.741. The molecule has 0 unspecified atom stereocenters. The van der Waals surface area contributed by atoms with Gasteiger partial charge in [-0.1, -0.05) is 24.4 Å². The summed E-state index contributed by atoms with van der Waals surface area (Å²) < 4.78 is 10.7. The van der Waals surface area contributed by atoms with Gasteiger partial charge >= 0.3 is 0 Å². The molecule has 104 valence electrons. The molecule has 0 bridgehead atoms. The molecule has 2 heterocycles. The van der Waals surface area contributed by atoms with Gasteiger partial charge in [0.05, 0.1) is 18.9 Å². The second-order valence-electron chi connectivity index (χ2n) is 5.61. The van der Waals surface area contributed by atoms with Crippen LogP contribution in [0.1, 0.15) is 35.5 Å². The Morgan fingerprint density at radius 3 is 2.89 bits per heavy atom. The topological polar surface area (TPSA) is 55.6 Å². The Bertz CT molecular complexity index is 453. The largest absolute Gasteiger partial charge is 0.379 e. The predicted octanol–water partition coefficient (Wildman–Crippen LogP) is 1.87. The fraction of sp³-hybridized carbons (Fsp3) is 0.714. The standard InChI is InChI=1S/C14H20N2O3/c1-10-7-13(19-15-10)14(17)16-5-6-18-9-12(8-16)11-3-2-4-11/h7,11-12H,2-6,8-9H2,1H3/t12-/m0/s1. The van der Waals surface area contributed by atoms with Crippen LogP contribution in [0.4, 0.5) is 0 Å². The third-order valence-electron chi connectivity index (χ3n) is 4.23. The van der Waals surface area contributed by atoms with Gasteiger partial charge in [-0.15, -0.1) is 0 Å². The van der Waals surface area contributed by atoms with Crippen molar-refractivity contribution in [3.8, 4) is 0 Å². The fourth-order valence-corrected chi connectivity index (χ4v) is 2.84. The third kappa shape index (κ3) is 2.66. The number of ether oxygens (including phenoxy) is 1. The van der Waals surface area contributed by atoms with Crippen LogP contribution >= 0.6 is 0 Å². The molecule has 0 radical (unpaired) electrons. The lowest BCUT2D eigenvalue weighted by molar-refractivity contribution is 0.0654. The number of carbonyl (C=O) groups is 1. The molecule has 2 fully saturated rings. The zero-order valence-electron chi connectivity index (χ0n) is 11.3. The number of aromatic nitrogens is 1. The Balaban J connectivity index is 1.69. The molecule has 1 saturated carbocycles. The lowest BCUT2D eigenvalue weighted by Gasteiger charge is -2.34. The summed E-state index contributed by atoms with van der Waals surface area (Å²) in [6.45, 7) is 4.64. The van der Waals surface area contributed by atoms with Crippen molar-refractivity contribution in [2.24, 2.45) is 11.8 Å². The number of rotatable bonds is 2. The van der Waals surface area contributed by atoms with E-state index in [4.69, 9.17) is 9.26 Å². The van der Waals surface area contributed by atoms with Gasteiger partial charge in [0.25, 0.3) is 5.91 Å². The molecule has 1 saturated heterocycles. The first-order valence-corrected chi connectivity index (χ1v) is 7.04. The van der Waals surface area contributed by atoms with Crippen LogP contribution in [-0.2, 0) is 4.74 Å². The second kappa shape index (κ2) is 5.33. The van der Waals surface area contributed by atoms with Crippen LogP contribution in [0.3, 0.4) is 0 Å². The van der Waals surface area contributed by atoms with Gasteiger partial charge in [-0.3, -0.25) is 4.79 Å². The van der Waals surface area contributed by atoms with Gasteiger partial charge in [-0.05, 0) is 12.8 Å². The minimum Gasteiger partial charge on any atom is -0.379 e. The highest BCUT2D eigenvalue weighted by Gasteiger charge is 2.32. The second-order valence-corrected chi connectivity index (χ2v) is 5.61. The maximum absolute atomic E-state index is 12.4. The highest BCUT2D eigenvalue weighted by atomic mass is 16.5. The molecule has 1 aliphatic heterocycles. The summed E-state index contributed by atoms with van der Waals surface area (Å²) in [5, 5.41) is 3.78. The van der Waals surface area contributed by atoms with E-state index in [9.17, 15) is 4.79 Å². The van der Waals surface area contributed by atoms with Crippen molar-refractivity contribution in [2.45, 2.75) is 26.2 Å². The molecule has 1 atom stereocenters.